The van der Waals surface area contributed by atoms with Crippen molar-refractivity contribution in [3.05, 3.63) is 23.8 Å². The van der Waals surface area contributed by atoms with Crippen molar-refractivity contribution < 1.29 is 9.53 Å². The number of rotatable bonds is 1. The minimum Gasteiger partial charge on any atom is -0.461 e. The van der Waals surface area contributed by atoms with Gasteiger partial charge < -0.3 is 4.74 Å². The Kier molecular flexibility index (Phi) is 2.55. The molecule has 1 aromatic rings. The summed E-state index contributed by atoms with van der Waals surface area (Å²) in [7, 11) is 0. The van der Waals surface area contributed by atoms with Crippen LogP contribution in [0, 0.1) is 0 Å². The van der Waals surface area contributed by atoms with E-state index in [1.165, 1.54) is 5.56 Å². The molecule has 0 aliphatic carbocycles. The zero-order chi connectivity index (χ0) is 11.8. The first-order valence-electron chi connectivity index (χ1n) is 5.96. The van der Waals surface area contributed by atoms with Gasteiger partial charge in [-0.2, -0.15) is 0 Å². The van der Waals surface area contributed by atoms with Gasteiger partial charge in [-0.25, -0.2) is 9.97 Å². The van der Waals surface area contributed by atoms with Crippen molar-refractivity contribution in [1.82, 2.24) is 14.9 Å². The van der Waals surface area contributed by atoms with Gasteiger partial charge in [0.1, 0.15) is 18.5 Å². The monoisotopic (exact) mass is 233 g/mol. The number of esters is 1. The molecule has 1 aromatic heterocycles. The van der Waals surface area contributed by atoms with Gasteiger partial charge in [0.2, 0.25) is 0 Å². The second-order valence-corrected chi connectivity index (χ2v) is 4.71. The number of hydrogen-bond donors (Lipinski definition) is 0. The Hall–Kier alpha value is -1.49. The lowest BCUT2D eigenvalue weighted by atomic mass is 10.0. The molecule has 3 heterocycles. The number of nitrogens with zero attached hydrogens (tertiary/aromatic N) is 3. The second kappa shape index (κ2) is 4.07. The maximum Gasteiger partial charge on any atom is 0.323 e. The fourth-order valence-corrected chi connectivity index (χ4v) is 2.57. The number of carbonyl (C=O) groups is 1. The van der Waals surface area contributed by atoms with Crippen LogP contribution in [0.4, 0.5) is 0 Å². The van der Waals surface area contributed by atoms with Gasteiger partial charge in [0.25, 0.3) is 0 Å². The first kappa shape index (κ1) is 10.7. The third-order valence-corrected chi connectivity index (χ3v) is 3.49. The van der Waals surface area contributed by atoms with Crippen LogP contribution in [0.25, 0.3) is 0 Å². The summed E-state index contributed by atoms with van der Waals surface area (Å²) in [6.45, 7) is 3.55. The molecule has 2 aliphatic heterocycles. The molecule has 0 unspecified atom stereocenters. The Morgan fingerprint density at radius 1 is 1.53 bits per heavy atom. The molecule has 0 saturated carbocycles. The summed E-state index contributed by atoms with van der Waals surface area (Å²) in [6, 6.07) is -0.0897. The Balaban J connectivity index is 1.78. The fraction of sp³-hybridized carbons (Fsp3) is 0.583. The van der Waals surface area contributed by atoms with Crippen LogP contribution in [-0.2, 0) is 22.5 Å². The molecule has 0 spiro atoms. The lowest BCUT2D eigenvalue weighted by molar-refractivity contribution is -0.145. The van der Waals surface area contributed by atoms with Crippen LogP contribution < -0.4 is 0 Å². The SMILES string of the molecule is C[C@H]1C[C@@H](N2CCc3cncnc3C2)C(=O)O1. The van der Waals surface area contributed by atoms with E-state index in [-0.39, 0.29) is 18.1 Å². The van der Waals surface area contributed by atoms with E-state index in [2.05, 4.69) is 14.9 Å². The number of hydrogen-bond acceptors (Lipinski definition) is 5. The molecule has 0 bridgehead atoms. The van der Waals surface area contributed by atoms with E-state index in [1.54, 1.807) is 6.33 Å². The second-order valence-electron chi connectivity index (χ2n) is 4.71. The highest BCUT2D eigenvalue weighted by Gasteiger charge is 2.37. The molecule has 2 aliphatic rings. The molecule has 0 amide bonds. The Morgan fingerprint density at radius 3 is 3.18 bits per heavy atom. The van der Waals surface area contributed by atoms with Gasteiger partial charge in [-0.15, -0.1) is 0 Å². The summed E-state index contributed by atoms with van der Waals surface area (Å²) in [5, 5.41) is 0. The Morgan fingerprint density at radius 2 is 2.41 bits per heavy atom. The van der Waals surface area contributed by atoms with Crippen LogP contribution >= 0.6 is 0 Å². The van der Waals surface area contributed by atoms with E-state index in [1.807, 2.05) is 13.1 Å². The van der Waals surface area contributed by atoms with E-state index in [4.69, 9.17) is 4.74 Å². The fourth-order valence-electron chi connectivity index (χ4n) is 2.57. The number of carbonyl (C=O) groups excluding carboxylic acids is 1. The van der Waals surface area contributed by atoms with E-state index in [0.29, 0.717) is 0 Å². The van der Waals surface area contributed by atoms with Gasteiger partial charge in [0, 0.05) is 25.7 Å². The molecule has 0 aromatic carbocycles. The first-order chi connectivity index (χ1) is 8.24. The van der Waals surface area contributed by atoms with Gasteiger partial charge in [-0.05, 0) is 18.9 Å². The predicted octanol–water partition coefficient (Wildman–Crippen LogP) is 0.539. The van der Waals surface area contributed by atoms with Crippen LogP contribution in [0.2, 0.25) is 0 Å². The third kappa shape index (κ3) is 1.91. The maximum atomic E-state index is 11.7. The molecule has 1 saturated heterocycles. The number of cyclic esters (lactones) is 1. The Bertz CT molecular complexity index is 449. The summed E-state index contributed by atoms with van der Waals surface area (Å²) >= 11 is 0. The topological polar surface area (TPSA) is 55.3 Å². The van der Waals surface area contributed by atoms with Gasteiger partial charge in [0.15, 0.2) is 0 Å². The number of aromatic nitrogens is 2. The highest BCUT2D eigenvalue weighted by atomic mass is 16.6. The molecule has 0 radical (unpaired) electrons. The van der Waals surface area contributed by atoms with Crippen molar-refractivity contribution in [2.24, 2.45) is 0 Å². The summed E-state index contributed by atoms with van der Waals surface area (Å²) in [6.07, 6.45) is 5.18. The van der Waals surface area contributed by atoms with E-state index in [0.717, 1.165) is 31.6 Å². The highest BCUT2D eigenvalue weighted by molar-refractivity contribution is 5.78. The standard InChI is InChI=1S/C12H15N3O2/c1-8-4-11(12(16)17-8)15-3-2-9-5-13-7-14-10(9)6-15/h5,7-8,11H,2-4,6H2,1H3/t8-,11+/m0/s1. The molecule has 17 heavy (non-hydrogen) atoms. The predicted molar refractivity (Wildman–Crippen MR) is 60.1 cm³/mol. The normalized spacial score (nSPS) is 28.9. The highest BCUT2D eigenvalue weighted by Crippen LogP contribution is 2.25. The molecule has 5 nitrogen and oxygen atoms in total. The molecule has 90 valence electrons. The van der Waals surface area contributed by atoms with Crippen LogP contribution in [0.1, 0.15) is 24.6 Å². The zero-order valence-corrected chi connectivity index (χ0v) is 9.80. The minimum absolute atomic E-state index is 0.0410. The summed E-state index contributed by atoms with van der Waals surface area (Å²) in [5.41, 5.74) is 2.24. The van der Waals surface area contributed by atoms with Crippen LogP contribution in [0.15, 0.2) is 12.5 Å². The van der Waals surface area contributed by atoms with E-state index in [9.17, 15) is 4.79 Å². The lowest BCUT2D eigenvalue weighted by Crippen LogP contribution is -2.42. The van der Waals surface area contributed by atoms with Gasteiger partial charge in [0.05, 0.1) is 5.69 Å². The Labute approximate surface area is 99.8 Å². The molecular weight excluding hydrogens is 218 g/mol. The molecule has 1 fully saturated rings. The zero-order valence-electron chi connectivity index (χ0n) is 9.80. The quantitative estimate of drug-likeness (QED) is 0.663. The molecule has 5 heteroatoms. The van der Waals surface area contributed by atoms with Crippen LogP contribution in [0.3, 0.4) is 0 Å². The third-order valence-electron chi connectivity index (χ3n) is 3.49. The van der Waals surface area contributed by atoms with Crippen LogP contribution in [-0.4, -0.2) is 39.5 Å². The van der Waals surface area contributed by atoms with Crippen molar-refractivity contribution >= 4 is 5.97 Å². The average Bonchev–Trinajstić information content (AvgIpc) is 2.68. The first-order valence-corrected chi connectivity index (χ1v) is 5.96. The van der Waals surface area contributed by atoms with Crippen molar-refractivity contribution in [3.63, 3.8) is 0 Å². The van der Waals surface area contributed by atoms with E-state index >= 15 is 0 Å². The van der Waals surface area contributed by atoms with E-state index < -0.39 is 0 Å². The van der Waals surface area contributed by atoms with Crippen molar-refractivity contribution in [1.29, 1.82) is 0 Å². The number of ether oxygens (including phenoxy) is 1. The van der Waals surface area contributed by atoms with Crippen molar-refractivity contribution in [3.8, 4) is 0 Å². The molecule has 2 atom stereocenters. The summed E-state index contributed by atoms with van der Waals surface area (Å²) in [5.74, 6) is -0.0880. The summed E-state index contributed by atoms with van der Waals surface area (Å²) in [4.78, 5) is 22.2. The van der Waals surface area contributed by atoms with Gasteiger partial charge in [-0.1, -0.05) is 0 Å². The largest absolute Gasteiger partial charge is 0.461 e. The number of fused-ring (bicyclic) bond motifs is 1. The smallest absolute Gasteiger partial charge is 0.323 e. The summed E-state index contributed by atoms with van der Waals surface area (Å²) < 4.78 is 5.20. The lowest BCUT2D eigenvalue weighted by Gasteiger charge is -2.30. The molecule has 3 rings (SSSR count). The molecule has 0 N–H and O–H groups in total. The maximum absolute atomic E-state index is 11.7. The molecular formula is C12H15N3O2. The van der Waals surface area contributed by atoms with Gasteiger partial charge in [-0.3, -0.25) is 9.69 Å². The van der Waals surface area contributed by atoms with Gasteiger partial charge >= 0.3 is 5.97 Å². The van der Waals surface area contributed by atoms with Crippen molar-refractivity contribution in [2.75, 3.05) is 6.54 Å². The van der Waals surface area contributed by atoms with Crippen molar-refractivity contribution in [2.45, 2.75) is 38.5 Å². The average molecular weight is 233 g/mol. The minimum atomic E-state index is -0.0897. The van der Waals surface area contributed by atoms with Crippen LogP contribution in [0.5, 0.6) is 0 Å².